The highest BCUT2D eigenvalue weighted by Gasteiger charge is 2.39. The molecule has 0 saturated carbocycles. The van der Waals surface area contributed by atoms with E-state index in [-0.39, 0.29) is 24.7 Å². The number of sulfonamides is 1. The first-order chi connectivity index (χ1) is 9.34. The highest BCUT2D eigenvalue weighted by molar-refractivity contribution is 9.10. The Kier molecular flexibility index (Phi) is 4.48. The number of aliphatic carboxylic acids is 1. The van der Waals surface area contributed by atoms with Gasteiger partial charge in [-0.2, -0.15) is 4.31 Å². The number of ether oxygens (including phenoxy) is 1. The predicted molar refractivity (Wildman–Crippen MR) is 75.0 cm³/mol. The van der Waals surface area contributed by atoms with Crippen molar-refractivity contribution in [3.8, 4) is 0 Å². The molecular weight excluding hydrogens is 350 g/mol. The second kappa shape index (κ2) is 5.80. The average Bonchev–Trinajstić information content (AvgIpc) is 2.38. The Bertz CT molecular complexity index is 631. The molecule has 0 bridgehead atoms. The highest BCUT2D eigenvalue weighted by Crippen LogP contribution is 2.28. The van der Waals surface area contributed by atoms with E-state index in [4.69, 9.17) is 9.84 Å². The molecule has 1 unspecified atom stereocenters. The van der Waals surface area contributed by atoms with Gasteiger partial charge in [0.1, 0.15) is 6.04 Å². The van der Waals surface area contributed by atoms with E-state index in [9.17, 15) is 13.2 Å². The molecule has 0 aromatic heterocycles. The number of carboxylic acids is 1. The number of benzene rings is 1. The van der Waals surface area contributed by atoms with E-state index in [1.807, 2.05) is 6.92 Å². The monoisotopic (exact) mass is 363 g/mol. The average molecular weight is 364 g/mol. The van der Waals surface area contributed by atoms with Gasteiger partial charge in [-0.3, -0.25) is 4.79 Å². The van der Waals surface area contributed by atoms with E-state index in [2.05, 4.69) is 15.9 Å². The summed E-state index contributed by atoms with van der Waals surface area (Å²) in [4.78, 5) is 11.2. The third kappa shape index (κ3) is 2.88. The van der Waals surface area contributed by atoms with Gasteiger partial charge in [-0.1, -0.05) is 6.07 Å². The quantitative estimate of drug-likeness (QED) is 0.872. The zero-order chi connectivity index (χ0) is 14.9. The van der Waals surface area contributed by atoms with Gasteiger partial charge < -0.3 is 9.84 Å². The second-order valence-electron chi connectivity index (χ2n) is 4.48. The fraction of sp³-hybridized carbons (Fsp3) is 0.417. The van der Waals surface area contributed by atoms with Crippen molar-refractivity contribution in [2.24, 2.45) is 0 Å². The number of nitrogens with zero attached hydrogens (tertiary/aromatic N) is 1. The van der Waals surface area contributed by atoms with E-state index >= 15 is 0 Å². The van der Waals surface area contributed by atoms with Gasteiger partial charge in [0.2, 0.25) is 10.0 Å². The summed E-state index contributed by atoms with van der Waals surface area (Å²) in [5.74, 6) is -1.21. The van der Waals surface area contributed by atoms with E-state index in [0.717, 1.165) is 9.87 Å². The Morgan fingerprint density at radius 3 is 2.80 bits per heavy atom. The van der Waals surface area contributed by atoms with Crippen LogP contribution in [0, 0.1) is 6.92 Å². The van der Waals surface area contributed by atoms with Crippen molar-refractivity contribution in [3.05, 3.63) is 28.2 Å². The molecule has 0 spiro atoms. The first-order valence-electron chi connectivity index (χ1n) is 5.92. The van der Waals surface area contributed by atoms with Gasteiger partial charge >= 0.3 is 5.97 Å². The number of halogens is 1. The van der Waals surface area contributed by atoms with E-state index in [1.54, 1.807) is 12.1 Å². The molecule has 1 fully saturated rings. The van der Waals surface area contributed by atoms with Crippen LogP contribution in [0.2, 0.25) is 0 Å². The molecule has 1 aliphatic rings. The first-order valence-corrected chi connectivity index (χ1v) is 8.16. The van der Waals surface area contributed by atoms with Gasteiger partial charge in [-0.05, 0) is 40.5 Å². The molecule has 20 heavy (non-hydrogen) atoms. The van der Waals surface area contributed by atoms with Crippen LogP contribution in [-0.4, -0.2) is 49.6 Å². The maximum absolute atomic E-state index is 12.6. The molecule has 0 radical (unpaired) electrons. The van der Waals surface area contributed by atoms with E-state index in [1.165, 1.54) is 6.07 Å². The number of hydrogen-bond acceptors (Lipinski definition) is 4. The SMILES string of the molecule is Cc1ccc(S(=O)(=O)N2CCOCC2C(=O)O)c(Br)c1. The summed E-state index contributed by atoms with van der Waals surface area (Å²) in [5, 5.41) is 9.13. The molecule has 1 aromatic rings. The zero-order valence-electron chi connectivity index (χ0n) is 10.7. The lowest BCUT2D eigenvalue weighted by Gasteiger charge is -2.32. The summed E-state index contributed by atoms with van der Waals surface area (Å²) in [6.45, 7) is 1.92. The summed E-state index contributed by atoms with van der Waals surface area (Å²) < 4.78 is 31.7. The molecule has 1 aromatic carbocycles. The molecule has 0 aliphatic carbocycles. The van der Waals surface area contributed by atoms with Crippen LogP contribution < -0.4 is 0 Å². The smallest absolute Gasteiger partial charge is 0.324 e. The third-order valence-corrected chi connectivity index (χ3v) is 5.92. The van der Waals surface area contributed by atoms with Crippen molar-refractivity contribution >= 4 is 31.9 Å². The summed E-state index contributed by atoms with van der Waals surface area (Å²) in [6, 6.07) is 3.64. The number of morpholine rings is 1. The molecule has 0 amide bonds. The van der Waals surface area contributed by atoms with Gasteiger partial charge in [0.05, 0.1) is 18.1 Å². The molecular formula is C12H14BrNO5S. The fourth-order valence-electron chi connectivity index (χ4n) is 2.01. The molecule has 1 atom stereocenters. The van der Waals surface area contributed by atoms with Crippen molar-refractivity contribution in [3.63, 3.8) is 0 Å². The Balaban J connectivity index is 2.45. The minimum Gasteiger partial charge on any atom is -0.480 e. The van der Waals surface area contributed by atoms with E-state index < -0.39 is 22.0 Å². The summed E-state index contributed by atoms with van der Waals surface area (Å²) >= 11 is 3.22. The standard InChI is InChI=1S/C12H14BrNO5S/c1-8-2-3-11(9(13)6-8)20(17,18)14-4-5-19-7-10(14)12(15)16/h2-3,6,10H,4-5,7H2,1H3,(H,15,16). The van der Waals surface area contributed by atoms with Crippen LogP contribution in [-0.2, 0) is 19.6 Å². The molecule has 8 heteroatoms. The predicted octanol–water partition coefficient (Wildman–Crippen LogP) is 1.23. The fourth-order valence-corrected chi connectivity index (χ4v) is 4.72. The minimum atomic E-state index is -3.88. The van der Waals surface area contributed by atoms with Gasteiger partial charge in [-0.15, -0.1) is 0 Å². The molecule has 1 saturated heterocycles. The molecule has 110 valence electrons. The van der Waals surface area contributed by atoms with Crippen molar-refractivity contribution < 1.29 is 23.1 Å². The van der Waals surface area contributed by atoms with Gasteiger partial charge in [0, 0.05) is 11.0 Å². The molecule has 1 N–H and O–H groups in total. The Hall–Kier alpha value is -0.960. The van der Waals surface area contributed by atoms with Crippen LogP contribution in [0.3, 0.4) is 0 Å². The number of rotatable bonds is 3. The van der Waals surface area contributed by atoms with Crippen molar-refractivity contribution in [2.45, 2.75) is 17.9 Å². The van der Waals surface area contributed by atoms with E-state index in [0.29, 0.717) is 4.47 Å². The number of hydrogen-bond donors (Lipinski definition) is 1. The normalized spacial score (nSPS) is 20.8. The first kappa shape index (κ1) is 15.4. The Morgan fingerprint density at radius 2 is 2.20 bits per heavy atom. The van der Waals surface area contributed by atoms with Gasteiger partial charge in [-0.25, -0.2) is 8.42 Å². The lowest BCUT2D eigenvalue weighted by atomic mass is 10.2. The van der Waals surface area contributed by atoms with Crippen LogP contribution in [0.1, 0.15) is 5.56 Å². The topological polar surface area (TPSA) is 83.9 Å². The van der Waals surface area contributed by atoms with Crippen LogP contribution in [0.5, 0.6) is 0 Å². The van der Waals surface area contributed by atoms with Crippen molar-refractivity contribution in [1.29, 1.82) is 0 Å². The van der Waals surface area contributed by atoms with Gasteiger partial charge in [0.15, 0.2) is 0 Å². The Morgan fingerprint density at radius 1 is 1.50 bits per heavy atom. The molecule has 2 rings (SSSR count). The van der Waals surface area contributed by atoms with Crippen LogP contribution in [0.15, 0.2) is 27.6 Å². The summed E-state index contributed by atoms with van der Waals surface area (Å²) in [6.07, 6.45) is 0. The Labute approximate surface area is 125 Å². The number of aryl methyl sites for hydroxylation is 1. The zero-order valence-corrected chi connectivity index (χ0v) is 13.1. The number of carboxylic acid groups (broad SMARTS) is 1. The minimum absolute atomic E-state index is 0.0274. The third-order valence-electron chi connectivity index (χ3n) is 3.04. The van der Waals surface area contributed by atoms with Crippen LogP contribution in [0.25, 0.3) is 0 Å². The lowest BCUT2D eigenvalue weighted by molar-refractivity contribution is -0.146. The van der Waals surface area contributed by atoms with Crippen molar-refractivity contribution in [1.82, 2.24) is 4.31 Å². The lowest BCUT2D eigenvalue weighted by Crippen LogP contribution is -2.52. The maximum atomic E-state index is 12.6. The highest BCUT2D eigenvalue weighted by atomic mass is 79.9. The van der Waals surface area contributed by atoms with Crippen LogP contribution in [0.4, 0.5) is 0 Å². The molecule has 1 aliphatic heterocycles. The summed E-state index contributed by atoms with van der Waals surface area (Å²) in [7, 11) is -3.88. The molecule has 6 nitrogen and oxygen atoms in total. The molecule has 1 heterocycles. The van der Waals surface area contributed by atoms with Crippen LogP contribution >= 0.6 is 15.9 Å². The number of carbonyl (C=O) groups is 1. The second-order valence-corrected chi connectivity index (χ2v) is 7.19. The maximum Gasteiger partial charge on any atom is 0.324 e. The van der Waals surface area contributed by atoms with Crippen molar-refractivity contribution in [2.75, 3.05) is 19.8 Å². The van der Waals surface area contributed by atoms with Gasteiger partial charge in [0.25, 0.3) is 0 Å². The summed E-state index contributed by atoms with van der Waals surface area (Å²) in [5.41, 5.74) is 0.910. The largest absolute Gasteiger partial charge is 0.480 e.